The second-order valence-corrected chi connectivity index (χ2v) is 16.2. The van der Waals surface area contributed by atoms with Gasteiger partial charge in [-0.05, 0) is 78.8 Å². The first kappa shape index (κ1) is 35.0. The first-order valence-corrected chi connectivity index (χ1v) is 17.7. The number of rotatable bonds is 8. The van der Waals surface area contributed by atoms with Crippen molar-refractivity contribution in [3.8, 4) is 5.75 Å². The van der Waals surface area contributed by atoms with E-state index in [-0.39, 0.29) is 50.7 Å². The first-order valence-electron chi connectivity index (χ1n) is 17.0. The molecular weight excluding hydrogens is 655 g/mol. The van der Waals surface area contributed by atoms with Crippen molar-refractivity contribution in [2.45, 2.75) is 79.6 Å². The molecule has 2 aliphatic carbocycles. The van der Waals surface area contributed by atoms with E-state index in [1.807, 2.05) is 50.2 Å². The van der Waals surface area contributed by atoms with Crippen molar-refractivity contribution in [2.24, 2.45) is 10.8 Å². The molecule has 0 bridgehead atoms. The van der Waals surface area contributed by atoms with Gasteiger partial charge in [-0.15, -0.1) is 0 Å². The fourth-order valence-electron chi connectivity index (χ4n) is 7.70. The molecule has 3 aromatic carbocycles. The molecule has 0 unspecified atom stereocenters. The summed E-state index contributed by atoms with van der Waals surface area (Å²) in [6, 6.07) is 19.6. The van der Waals surface area contributed by atoms with E-state index in [2.05, 4.69) is 50.0 Å². The number of hydrogen-bond donors (Lipinski definition) is 1. The van der Waals surface area contributed by atoms with Gasteiger partial charge in [0.05, 0.1) is 10.0 Å². The van der Waals surface area contributed by atoms with Gasteiger partial charge in [0.25, 0.3) is 5.91 Å². The van der Waals surface area contributed by atoms with E-state index < -0.39 is 5.92 Å². The third kappa shape index (κ3) is 7.36. The molecule has 1 amide bonds. The van der Waals surface area contributed by atoms with E-state index in [9.17, 15) is 14.4 Å². The lowest BCUT2D eigenvalue weighted by atomic mass is 9.63. The topological polar surface area (TPSA) is 75.7 Å². The molecule has 8 heteroatoms. The summed E-state index contributed by atoms with van der Waals surface area (Å²) in [5.74, 6) is -0.677. The molecule has 0 saturated heterocycles. The number of ketones is 2. The van der Waals surface area contributed by atoms with Crippen LogP contribution in [0.3, 0.4) is 0 Å². The Morgan fingerprint density at radius 3 is 1.96 bits per heavy atom. The molecular formula is C41H44Cl2N2O4. The number of benzene rings is 3. The number of Topliss-reactive ketones (excluding diaryl/α,β-unsaturated/α-hetero) is 2. The maximum absolute atomic E-state index is 14.2. The zero-order valence-electron chi connectivity index (χ0n) is 29.1. The molecule has 6 nitrogen and oxygen atoms in total. The molecule has 0 saturated carbocycles. The van der Waals surface area contributed by atoms with Crippen LogP contribution in [0.15, 0.2) is 83.2 Å². The van der Waals surface area contributed by atoms with Crippen LogP contribution in [-0.4, -0.2) is 35.5 Å². The Bertz CT molecular complexity index is 1830. The van der Waals surface area contributed by atoms with Crippen molar-refractivity contribution < 1.29 is 19.1 Å². The minimum atomic E-state index is -0.595. The molecule has 6 rings (SSSR count). The highest BCUT2D eigenvalue weighted by atomic mass is 35.5. The maximum atomic E-state index is 14.2. The van der Waals surface area contributed by atoms with Crippen molar-refractivity contribution in [1.82, 2.24) is 4.90 Å². The number of halogens is 2. The second kappa shape index (κ2) is 13.4. The van der Waals surface area contributed by atoms with Crippen molar-refractivity contribution >= 4 is 46.4 Å². The summed E-state index contributed by atoms with van der Waals surface area (Å²) in [7, 11) is 0. The fourth-order valence-corrected chi connectivity index (χ4v) is 8.31. The van der Waals surface area contributed by atoms with E-state index in [1.165, 1.54) is 5.56 Å². The summed E-state index contributed by atoms with van der Waals surface area (Å²) in [5.41, 5.74) is 7.46. The second-order valence-electron chi connectivity index (χ2n) is 15.4. The number of ether oxygens (including phenoxy) is 1. The Morgan fingerprint density at radius 2 is 1.41 bits per heavy atom. The Hall–Kier alpha value is -3.87. The number of amides is 1. The Balaban J connectivity index is 1.37. The standard InChI is InChI=1S/C41H44Cl2N2O4/c1-24-12-13-30(25(2)16-24)44-35(48)23-49-39-28(42)17-27(18-29(39)43)36-37-31(19-40(3,4)21-33(37)46)45(15-14-26-10-8-7-9-11-26)32-20-41(5,6)22-34(47)38(32)36/h7-13,16-18,36H,14-15,19-23H2,1-6H3,(H,44,48). The summed E-state index contributed by atoms with van der Waals surface area (Å²) < 4.78 is 5.87. The molecule has 49 heavy (non-hydrogen) atoms. The normalized spacial score (nSPS) is 18.7. The summed E-state index contributed by atoms with van der Waals surface area (Å²) in [4.78, 5) is 43.5. The third-order valence-corrected chi connectivity index (χ3v) is 10.4. The minimum absolute atomic E-state index is 0.0424. The van der Waals surface area contributed by atoms with E-state index in [0.717, 1.165) is 28.9 Å². The van der Waals surface area contributed by atoms with Gasteiger partial charge in [-0.1, -0.05) is 98.9 Å². The van der Waals surface area contributed by atoms with Crippen molar-refractivity contribution in [3.63, 3.8) is 0 Å². The number of nitrogens with zero attached hydrogens (tertiary/aromatic N) is 1. The Kier molecular flexibility index (Phi) is 9.60. The average molecular weight is 700 g/mol. The van der Waals surface area contributed by atoms with Crippen molar-refractivity contribution in [2.75, 3.05) is 18.5 Å². The van der Waals surface area contributed by atoms with Crippen molar-refractivity contribution in [1.29, 1.82) is 0 Å². The third-order valence-electron chi connectivity index (χ3n) is 9.85. The minimum Gasteiger partial charge on any atom is -0.481 e. The van der Waals surface area contributed by atoms with E-state index in [0.29, 0.717) is 54.6 Å². The number of aryl methyl sites for hydroxylation is 2. The Labute approximate surface area is 299 Å². The van der Waals surface area contributed by atoms with Crippen LogP contribution < -0.4 is 10.1 Å². The summed E-state index contributed by atoms with van der Waals surface area (Å²) in [5, 5.41) is 3.30. The predicted molar refractivity (Wildman–Crippen MR) is 196 cm³/mol. The van der Waals surface area contributed by atoms with Crippen LogP contribution in [0.5, 0.6) is 5.75 Å². The lowest BCUT2D eigenvalue weighted by Crippen LogP contribution is -2.45. The number of anilines is 1. The number of allylic oxidation sites excluding steroid dienone is 4. The van der Waals surface area contributed by atoms with Gasteiger partial charge in [0.2, 0.25) is 0 Å². The zero-order chi connectivity index (χ0) is 35.2. The van der Waals surface area contributed by atoms with Gasteiger partial charge in [0.1, 0.15) is 0 Å². The summed E-state index contributed by atoms with van der Waals surface area (Å²) in [6.45, 7) is 12.8. The molecule has 3 aliphatic rings. The molecule has 0 aromatic heterocycles. The molecule has 3 aromatic rings. The maximum Gasteiger partial charge on any atom is 0.262 e. The SMILES string of the molecule is Cc1ccc(NC(=O)COc2c(Cl)cc(C3C4=C(CC(C)(C)CC4=O)N(CCc4ccccc4)C4=C3C(=O)CC(C)(C)C4)cc2Cl)c(C)c1. The van der Waals surface area contributed by atoms with Gasteiger partial charge >= 0.3 is 0 Å². The molecule has 0 fully saturated rings. The Morgan fingerprint density at radius 1 is 0.837 bits per heavy atom. The lowest BCUT2D eigenvalue weighted by molar-refractivity contribution is -0.120. The van der Waals surface area contributed by atoms with Crippen LogP contribution in [0, 0.1) is 24.7 Å². The smallest absolute Gasteiger partial charge is 0.262 e. The summed E-state index contributed by atoms with van der Waals surface area (Å²) >= 11 is 13.7. The molecule has 1 aliphatic heterocycles. The van der Waals surface area contributed by atoms with Crippen LogP contribution in [0.4, 0.5) is 5.69 Å². The number of carbonyl (C=O) groups excluding carboxylic acids is 3. The quantitative estimate of drug-likeness (QED) is 0.254. The first-order chi connectivity index (χ1) is 23.1. The predicted octanol–water partition coefficient (Wildman–Crippen LogP) is 9.56. The van der Waals surface area contributed by atoms with Crippen LogP contribution in [0.1, 0.15) is 81.5 Å². The van der Waals surface area contributed by atoms with Crippen LogP contribution in [0.25, 0.3) is 0 Å². The van der Waals surface area contributed by atoms with Crippen molar-refractivity contribution in [3.05, 3.63) is 116 Å². The van der Waals surface area contributed by atoms with Gasteiger partial charge in [-0.25, -0.2) is 0 Å². The molecule has 1 heterocycles. The molecule has 0 radical (unpaired) electrons. The van der Waals surface area contributed by atoms with Gasteiger partial charge < -0.3 is 15.0 Å². The molecule has 256 valence electrons. The van der Waals surface area contributed by atoms with Crippen LogP contribution in [-0.2, 0) is 20.8 Å². The molecule has 1 N–H and O–H groups in total. The average Bonchev–Trinajstić information content (AvgIpc) is 3.00. The monoisotopic (exact) mass is 698 g/mol. The van der Waals surface area contributed by atoms with Crippen LogP contribution >= 0.6 is 23.2 Å². The summed E-state index contributed by atoms with van der Waals surface area (Å²) in [6.07, 6.45) is 2.97. The highest BCUT2D eigenvalue weighted by Crippen LogP contribution is 2.55. The van der Waals surface area contributed by atoms with E-state index >= 15 is 0 Å². The van der Waals surface area contributed by atoms with E-state index in [1.54, 1.807) is 12.1 Å². The van der Waals surface area contributed by atoms with Gasteiger partial charge in [0, 0.05) is 53.5 Å². The highest BCUT2D eigenvalue weighted by Gasteiger charge is 2.49. The number of hydrogen-bond acceptors (Lipinski definition) is 5. The number of nitrogens with one attached hydrogen (secondary N) is 1. The zero-order valence-corrected chi connectivity index (χ0v) is 30.6. The molecule has 0 atom stereocenters. The number of carbonyl (C=O) groups is 3. The van der Waals surface area contributed by atoms with Gasteiger partial charge in [0.15, 0.2) is 23.9 Å². The van der Waals surface area contributed by atoms with Crippen LogP contribution in [0.2, 0.25) is 10.0 Å². The highest BCUT2D eigenvalue weighted by molar-refractivity contribution is 6.37. The van der Waals surface area contributed by atoms with Gasteiger partial charge in [-0.2, -0.15) is 0 Å². The molecule has 0 spiro atoms. The largest absolute Gasteiger partial charge is 0.481 e. The lowest BCUT2D eigenvalue weighted by Gasteiger charge is -2.49. The van der Waals surface area contributed by atoms with E-state index in [4.69, 9.17) is 27.9 Å². The fraction of sp³-hybridized carbons (Fsp3) is 0.390. The van der Waals surface area contributed by atoms with Gasteiger partial charge in [-0.3, -0.25) is 14.4 Å².